The second-order valence-corrected chi connectivity index (χ2v) is 12.6. The molecule has 0 radical (unpaired) electrons. The van der Waals surface area contributed by atoms with Crippen LogP contribution >= 0.6 is 0 Å². The number of hydrogen-bond acceptors (Lipinski definition) is 5. The van der Waals surface area contributed by atoms with Crippen LogP contribution in [0.2, 0.25) is 0 Å². The maximum Gasteiger partial charge on any atom is 0.164 e. The van der Waals surface area contributed by atoms with E-state index < -0.39 is 0 Å². The van der Waals surface area contributed by atoms with Gasteiger partial charge in [0.1, 0.15) is 0 Å². The number of aryl methyl sites for hydroxylation is 1. The van der Waals surface area contributed by atoms with Gasteiger partial charge in [-0.3, -0.25) is 0 Å². The highest BCUT2D eigenvalue weighted by Gasteiger charge is 2.17. The van der Waals surface area contributed by atoms with Gasteiger partial charge in [0.2, 0.25) is 0 Å². The van der Waals surface area contributed by atoms with Gasteiger partial charge in [-0.05, 0) is 87.1 Å². The van der Waals surface area contributed by atoms with Crippen LogP contribution in [-0.2, 0) is 0 Å². The van der Waals surface area contributed by atoms with Gasteiger partial charge in [0.25, 0.3) is 0 Å². The lowest BCUT2D eigenvalue weighted by atomic mass is 9.90. The number of rotatable bonds is 6. The van der Waals surface area contributed by atoms with Crippen LogP contribution in [0.4, 0.5) is 0 Å². The molecular formula is C46H31N5. The summed E-state index contributed by atoms with van der Waals surface area (Å²) in [4.78, 5) is 24.5. The molecule has 0 N–H and O–H groups in total. The van der Waals surface area contributed by atoms with E-state index in [2.05, 4.69) is 102 Å². The standard InChI is InChI=1S/C46H31N5/c1-30-23-24-47-43(48-30)35-19-12-18-33(25-35)36-26-37(42-29-34-17-8-9-20-39(34)40-21-10-11-22-41(40)42)28-38(27-36)46-50-44(31-13-4-2-5-14-31)49-45(51-46)32-15-6-3-7-16-32/h2-29H,1H3. The molecular weight excluding hydrogens is 623 g/mol. The first-order chi connectivity index (χ1) is 25.2. The lowest BCUT2D eigenvalue weighted by Gasteiger charge is -2.15. The van der Waals surface area contributed by atoms with Crippen LogP contribution in [0.5, 0.6) is 0 Å². The highest BCUT2D eigenvalue weighted by Crippen LogP contribution is 2.39. The van der Waals surface area contributed by atoms with E-state index in [1.165, 1.54) is 21.5 Å². The Morgan fingerprint density at radius 2 is 0.863 bits per heavy atom. The second kappa shape index (κ2) is 12.9. The molecule has 0 bridgehead atoms. The molecule has 2 heterocycles. The van der Waals surface area contributed by atoms with E-state index in [9.17, 15) is 0 Å². The van der Waals surface area contributed by atoms with E-state index >= 15 is 0 Å². The zero-order valence-electron chi connectivity index (χ0n) is 27.9. The predicted octanol–water partition coefficient (Wildman–Crippen LogP) is 11.3. The molecule has 0 fully saturated rings. The van der Waals surface area contributed by atoms with Crippen molar-refractivity contribution in [2.24, 2.45) is 0 Å². The van der Waals surface area contributed by atoms with Gasteiger partial charge >= 0.3 is 0 Å². The molecule has 240 valence electrons. The zero-order chi connectivity index (χ0) is 34.1. The molecule has 51 heavy (non-hydrogen) atoms. The number of benzene rings is 7. The zero-order valence-corrected chi connectivity index (χ0v) is 27.9. The van der Waals surface area contributed by atoms with Crippen molar-refractivity contribution in [2.45, 2.75) is 6.92 Å². The van der Waals surface area contributed by atoms with Gasteiger partial charge in [-0.15, -0.1) is 0 Å². The Kier molecular flexibility index (Phi) is 7.63. The minimum absolute atomic E-state index is 0.606. The maximum absolute atomic E-state index is 5.11. The molecule has 0 amide bonds. The van der Waals surface area contributed by atoms with E-state index in [1.54, 1.807) is 0 Å². The van der Waals surface area contributed by atoms with Crippen LogP contribution in [0.25, 0.3) is 89.4 Å². The Morgan fingerprint density at radius 1 is 0.333 bits per heavy atom. The Balaban J connectivity index is 1.31. The largest absolute Gasteiger partial charge is 0.237 e. The van der Waals surface area contributed by atoms with Gasteiger partial charge < -0.3 is 0 Å². The molecule has 0 aliphatic rings. The second-order valence-electron chi connectivity index (χ2n) is 12.6. The summed E-state index contributed by atoms with van der Waals surface area (Å²) in [5.41, 5.74) is 8.95. The highest BCUT2D eigenvalue weighted by atomic mass is 15.0. The van der Waals surface area contributed by atoms with Gasteiger partial charge in [0.15, 0.2) is 23.3 Å². The van der Waals surface area contributed by atoms with Crippen LogP contribution in [0, 0.1) is 6.92 Å². The van der Waals surface area contributed by atoms with Crippen LogP contribution in [-0.4, -0.2) is 24.9 Å². The van der Waals surface area contributed by atoms with Crippen LogP contribution in [0.15, 0.2) is 170 Å². The van der Waals surface area contributed by atoms with E-state index in [1.807, 2.05) is 79.9 Å². The van der Waals surface area contributed by atoms with E-state index in [-0.39, 0.29) is 0 Å². The molecule has 2 aromatic heterocycles. The summed E-state index contributed by atoms with van der Waals surface area (Å²) < 4.78 is 0. The van der Waals surface area contributed by atoms with Gasteiger partial charge in [0, 0.05) is 34.1 Å². The van der Waals surface area contributed by atoms with Crippen molar-refractivity contribution in [3.63, 3.8) is 0 Å². The molecule has 9 rings (SSSR count). The van der Waals surface area contributed by atoms with Crippen molar-refractivity contribution in [2.75, 3.05) is 0 Å². The molecule has 9 aromatic rings. The summed E-state index contributed by atoms with van der Waals surface area (Å²) in [6, 6.07) is 56.7. The Hall–Kier alpha value is -6.85. The van der Waals surface area contributed by atoms with Gasteiger partial charge in [-0.2, -0.15) is 0 Å². The monoisotopic (exact) mass is 653 g/mol. The first-order valence-corrected chi connectivity index (χ1v) is 17.0. The Labute approximate surface area is 296 Å². The van der Waals surface area contributed by atoms with E-state index in [4.69, 9.17) is 19.9 Å². The van der Waals surface area contributed by atoms with Crippen LogP contribution in [0.3, 0.4) is 0 Å². The minimum Gasteiger partial charge on any atom is -0.237 e. The van der Waals surface area contributed by atoms with Crippen molar-refractivity contribution >= 4 is 21.5 Å². The van der Waals surface area contributed by atoms with Gasteiger partial charge in [-0.25, -0.2) is 24.9 Å². The smallest absolute Gasteiger partial charge is 0.164 e. The van der Waals surface area contributed by atoms with Crippen molar-refractivity contribution in [1.29, 1.82) is 0 Å². The van der Waals surface area contributed by atoms with E-state index in [0.717, 1.165) is 50.2 Å². The maximum atomic E-state index is 5.11. The lowest BCUT2D eigenvalue weighted by molar-refractivity contribution is 1.07. The number of hydrogen-bond donors (Lipinski definition) is 0. The predicted molar refractivity (Wildman–Crippen MR) is 208 cm³/mol. The lowest BCUT2D eigenvalue weighted by Crippen LogP contribution is -2.00. The first kappa shape index (κ1) is 30.2. The number of fused-ring (bicyclic) bond motifs is 3. The molecule has 0 spiro atoms. The van der Waals surface area contributed by atoms with Gasteiger partial charge in [-0.1, -0.05) is 127 Å². The van der Waals surface area contributed by atoms with Gasteiger partial charge in [0.05, 0.1) is 0 Å². The molecule has 0 aliphatic carbocycles. The Morgan fingerprint density at radius 3 is 1.57 bits per heavy atom. The molecule has 5 nitrogen and oxygen atoms in total. The average Bonchev–Trinajstić information content (AvgIpc) is 3.21. The molecule has 5 heteroatoms. The number of nitrogens with zero attached hydrogens (tertiary/aromatic N) is 5. The fourth-order valence-corrected chi connectivity index (χ4v) is 6.74. The Bertz CT molecular complexity index is 2650. The minimum atomic E-state index is 0.606. The summed E-state index contributed by atoms with van der Waals surface area (Å²) in [6.45, 7) is 1.99. The fraction of sp³-hybridized carbons (Fsp3) is 0.0217. The third-order valence-electron chi connectivity index (χ3n) is 9.22. The first-order valence-electron chi connectivity index (χ1n) is 17.0. The molecule has 0 atom stereocenters. The SMILES string of the molecule is Cc1ccnc(-c2cccc(-c3cc(-c4nc(-c5ccccc5)nc(-c5ccccc5)n4)cc(-c4cc5ccccc5c5ccccc45)c3)c2)n1. The van der Waals surface area contributed by atoms with Crippen molar-refractivity contribution < 1.29 is 0 Å². The van der Waals surface area contributed by atoms with Crippen LogP contribution < -0.4 is 0 Å². The summed E-state index contributed by atoms with van der Waals surface area (Å²) in [5, 5.41) is 4.83. The molecule has 0 unspecified atom stereocenters. The topological polar surface area (TPSA) is 64.5 Å². The quantitative estimate of drug-likeness (QED) is 0.167. The average molecular weight is 654 g/mol. The van der Waals surface area contributed by atoms with Crippen molar-refractivity contribution in [3.8, 4) is 67.8 Å². The summed E-state index contributed by atoms with van der Waals surface area (Å²) in [7, 11) is 0. The van der Waals surface area contributed by atoms with Crippen LogP contribution in [0.1, 0.15) is 5.69 Å². The molecule has 0 saturated carbocycles. The fourth-order valence-electron chi connectivity index (χ4n) is 6.74. The normalized spacial score (nSPS) is 11.2. The third kappa shape index (κ3) is 5.91. The third-order valence-corrected chi connectivity index (χ3v) is 9.22. The molecule has 7 aromatic carbocycles. The molecule has 0 aliphatic heterocycles. The molecule has 0 saturated heterocycles. The van der Waals surface area contributed by atoms with Crippen molar-refractivity contribution in [1.82, 2.24) is 24.9 Å². The summed E-state index contributed by atoms with van der Waals surface area (Å²) in [5.74, 6) is 2.56. The van der Waals surface area contributed by atoms with E-state index in [0.29, 0.717) is 23.3 Å². The number of aromatic nitrogens is 5. The highest BCUT2D eigenvalue weighted by molar-refractivity contribution is 6.14. The summed E-state index contributed by atoms with van der Waals surface area (Å²) in [6.07, 6.45) is 1.81. The summed E-state index contributed by atoms with van der Waals surface area (Å²) >= 11 is 0. The van der Waals surface area contributed by atoms with Crippen molar-refractivity contribution in [3.05, 3.63) is 176 Å².